The number of allylic oxidation sites excluding steroid dienone is 3. The van der Waals surface area contributed by atoms with Gasteiger partial charge < -0.3 is 15.2 Å². The summed E-state index contributed by atoms with van der Waals surface area (Å²) < 4.78 is 6.31. The molecule has 0 radical (unpaired) electrons. The molecule has 2 aromatic carbocycles. The molecule has 1 amide bonds. The van der Waals surface area contributed by atoms with Crippen LogP contribution < -0.4 is 15.4 Å². The lowest BCUT2D eigenvalue weighted by Crippen LogP contribution is -2.39. The lowest BCUT2D eigenvalue weighted by Gasteiger charge is -2.39. The molecular formula is C27H27N3O4S. The molecule has 0 fully saturated rings. The quantitative estimate of drug-likeness (QED) is 0.463. The largest absolute Gasteiger partial charge is 0.504 e. The van der Waals surface area contributed by atoms with Crippen molar-refractivity contribution in [2.45, 2.75) is 39.5 Å². The molecule has 1 aromatic heterocycles. The number of methoxy groups -OCH3 is 1. The van der Waals surface area contributed by atoms with Crippen LogP contribution in [0.25, 0.3) is 10.2 Å². The van der Waals surface area contributed by atoms with Crippen molar-refractivity contribution in [2.24, 2.45) is 5.41 Å². The number of hydrogen-bond acceptors (Lipinski definition) is 7. The fraction of sp³-hybridized carbons (Fsp3) is 0.296. The van der Waals surface area contributed by atoms with E-state index in [1.807, 2.05) is 31.2 Å². The maximum atomic E-state index is 13.7. The van der Waals surface area contributed by atoms with E-state index in [9.17, 15) is 14.7 Å². The van der Waals surface area contributed by atoms with E-state index in [1.165, 1.54) is 24.5 Å². The number of nitrogens with zero attached hydrogens (tertiary/aromatic N) is 1. The summed E-state index contributed by atoms with van der Waals surface area (Å²) in [4.78, 5) is 31.7. The van der Waals surface area contributed by atoms with Crippen LogP contribution in [0, 0.1) is 5.41 Å². The van der Waals surface area contributed by atoms with Gasteiger partial charge in [-0.25, -0.2) is 4.98 Å². The standard InChI is InChI=1S/C27H27N3O4S/c1-14-22(25(33)30-26-29-16-7-5-6-8-21(16)35-26)23(15-9-10-18(31)20(11-15)34-4)24-17(28-14)12-27(2,3)13-19(24)32/h5-11,23,28,31H,12-13H2,1-4H3,(H,29,30,33)/t23-/m1/s1. The molecule has 0 saturated heterocycles. The highest BCUT2D eigenvalue weighted by molar-refractivity contribution is 7.22. The molecule has 0 saturated carbocycles. The third-order valence-corrected chi connectivity index (χ3v) is 7.49. The molecule has 1 atom stereocenters. The van der Waals surface area contributed by atoms with Crippen LogP contribution in [0.1, 0.15) is 45.1 Å². The summed E-state index contributed by atoms with van der Waals surface area (Å²) in [6, 6.07) is 12.7. The number of benzene rings is 2. The molecule has 2 aliphatic rings. The monoisotopic (exact) mass is 489 g/mol. The minimum absolute atomic E-state index is 0.00308. The molecular weight excluding hydrogens is 462 g/mol. The second-order valence-electron chi connectivity index (χ2n) is 9.80. The van der Waals surface area contributed by atoms with Crippen molar-refractivity contribution in [1.29, 1.82) is 0 Å². The van der Waals surface area contributed by atoms with Gasteiger partial charge in [0.25, 0.3) is 5.91 Å². The van der Waals surface area contributed by atoms with Crippen LogP contribution >= 0.6 is 11.3 Å². The van der Waals surface area contributed by atoms with Gasteiger partial charge in [-0.05, 0) is 48.6 Å². The van der Waals surface area contributed by atoms with Gasteiger partial charge in [0.2, 0.25) is 0 Å². The predicted molar refractivity (Wildman–Crippen MR) is 137 cm³/mol. The first-order chi connectivity index (χ1) is 16.7. The average Bonchev–Trinajstić information content (AvgIpc) is 3.19. The summed E-state index contributed by atoms with van der Waals surface area (Å²) in [7, 11) is 1.47. The van der Waals surface area contributed by atoms with Crippen molar-refractivity contribution < 1.29 is 19.4 Å². The lowest BCUT2D eigenvalue weighted by atomic mass is 9.68. The third kappa shape index (κ3) is 4.18. The number of rotatable bonds is 4. The van der Waals surface area contributed by atoms with Gasteiger partial charge >= 0.3 is 0 Å². The number of phenolic OH excluding ortho intramolecular Hbond substituents is 1. The molecule has 3 aromatic rings. The van der Waals surface area contributed by atoms with Crippen molar-refractivity contribution in [3.8, 4) is 11.5 Å². The number of fused-ring (bicyclic) bond motifs is 1. The Morgan fingerprint density at radius 2 is 2.00 bits per heavy atom. The number of phenols is 1. The fourth-order valence-electron chi connectivity index (χ4n) is 5.03. The number of ketones is 1. The van der Waals surface area contributed by atoms with E-state index in [1.54, 1.807) is 12.1 Å². The zero-order valence-electron chi connectivity index (χ0n) is 20.1. The smallest absolute Gasteiger partial charge is 0.256 e. The number of carbonyl (C=O) groups is 2. The predicted octanol–water partition coefficient (Wildman–Crippen LogP) is 5.25. The van der Waals surface area contributed by atoms with E-state index < -0.39 is 5.92 Å². The lowest BCUT2D eigenvalue weighted by molar-refractivity contribution is -0.118. The molecule has 7 nitrogen and oxygen atoms in total. The number of para-hydroxylation sites is 1. The number of dihydropyridines is 1. The zero-order chi connectivity index (χ0) is 24.9. The van der Waals surface area contributed by atoms with E-state index in [2.05, 4.69) is 29.5 Å². The Morgan fingerprint density at radius 1 is 1.23 bits per heavy atom. The molecule has 0 bridgehead atoms. The number of anilines is 1. The molecule has 5 rings (SSSR count). The Hall–Kier alpha value is -3.65. The fourth-order valence-corrected chi connectivity index (χ4v) is 5.90. The Kier molecular flexibility index (Phi) is 5.63. The summed E-state index contributed by atoms with van der Waals surface area (Å²) in [6.07, 6.45) is 1.09. The molecule has 180 valence electrons. The van der Waals surface area contributed by atoms with E-state index in [4.69, 9.17) is 4.74 Å². The molecule has 8 heteroatoms. The Balaban J connectivity index is 1.60. The van der Waals surface area contributed by atoms with Crippen molar-refractivity contribution in [3.63, 3.8) is 0 Å². The maximum absolute atomic E-state index is 13.7. The molecule has 1 aliphatic carbocycles. The summed E-state index contributed by atoms with van der Waals surface area (Å²) >= 11 is 1.40. The van der Waals surface area contributed by atoms with Crippen LogP contribution in [-0.4, -0.2) is 28.9 Å². The van der Waals surface area contributed by atoms with Gasteiger partial charge in [0, 0.05) is 34.9 Å². The molecule has 2 heterocycles. The van der Waals surface area contributed by atoms with Gasteiger partial charge in [-0.1, -0.05) is 43.4 Å². The Morgan fingerprint density at radius 3 is 2.74 bits per heavy atom. The van der Waals surface area contributed by atoms with Crippen LogP contribution in [0.3, 0.4) is 0 Å². The summed E-state index contributed by atoms with van der Waals surface area (Å²) in [5, 5.41) is 17.0. The molecule has 35 heavy (non-hydrogen) atoms. The third-order valence-electron chi connectivity index (χ3n) is 6.54. The van der Waals surface area contributed by atoms with E-state index in [0.29, 0.717) is 40.4 Å². The summed E-state index contributed by atoms with van der Waals surface area (Å²) in [5.41, 5.74) is 3.91. The first-order valence-electron chi connectivity index (χ1n) is 11.4. The Bertz CT molecular complexity index is 1400. The van der Waals surface area contributed by atoms with E-state index in [-0.39, 0.29) is 28.6 Å². The van der Waals surface area contributed by atoms with Gasteiger partial charge in [0.15, 0.2) is 22.4 Å². The number of Topliss-reactive ketones (excluding diaryl/α,β-unsaturated/α-hetero) is 1. The number of ether oxygens (including phenoxy) is 1. The number of aromatic nitrogens is 1. The normalized spacial score (nSPS) is 19.4. The number of nitrogens with one attached hydrogen (secondary N) is 2. The Labute approximate surface area is 207 Å². The zero-order valence-corrected chi connectivity index (χ0v) is 20.9. The van der Waals surface area contributed by atoms with Gasteiger partial charge in [-0.3, -0.25) is 14.9 Å². The van der Waals surface area contributed by atoms with Crippen LogP contribution in [0.2, 0.25) is 0 Å². The number of thiazole rings is 1. The van der Waals surface area contributed by atoms with Gasteiger partial charge in [-0.2, -0.15) is 0 Å². The van der Waals surface area contributed by atoms with Crippen LogP contribution in [0.4, 0.5) is 5.13 Å². The van der Waals surface area contributed by atoms with E-state index >= 15 is 0 Å². The first-order valence-corrected chi connectivity index (χ1v) is 12.3. The maximum Gasteiger partial charge on any atom is 0.256 e. The molecule has 1 aliphatic heterocycles. The molecule has 3 N–H and O–H groups in total. The SMILES string of the molecule is COc1cc([C@@H]2C(C(=O)Nc3nc4ccccc4s3)=C(C)NC3=C2C(=O)CC(C)(C)C3)ccc1O. The van der Waals surface area contributed by atoms with Crippen molar-refractivity contribution >= 4 is 38.4 Å². The highest BCUT2D eigenvalue weighted by Crippen LogP contribution is 2.47. The molecule has 0 spiro atoms. The minimum atomic E-state index is -0.598. The second-order valence-corrected chi connectivity index (χ2v) is 10.8. The van der Waals surface area contributed by atoms with Gasteiger partial charge in [-0.15, -0.1) is 0 Å². The topological polar surface area (TPSA) is 101 Å². The number of carbonyl (C=O) groups excluding carboxylic acids is 2. The number of hydrogen-bond donors (Lipinski definition) is 3. The van der Waals surface area contributed by atoms with Crippen LogP contribution in [0.15, 0.2) is 65.0 Å². The van der Waals surface area contributed by atoms with E-state index in [0.717, 1.165) is 15.9 Å². The highest BCUT2D eigenvalue weighted by atomic mass is 32.1. The molecule has 0 unspecified atom stereocenters. The van der Waals surface area contributed by atoms with Crippen molar-refractivity contribution in [2.75, 3.05) is 12.4 Å². The van der Waals surface area contributed by atoms with Crippen LogP contribution in [-0.2, 0) is 9.59 Å². The second kappa shape index (κ2) is 8.53. The number of amides is 1. The minimum Gasteiger partial charge on any atom is -0.504 e. The summed E-state index contributed by atoms with van der Waals surface area (Å²) in [6.45, 7) is 6.00. The van der Waals surface area contributed by atoms with Crippen molar-refractivity contribution in [3.05, 3.63) is 70.6 Å². The van der Waals surface area contributed by atoms with Gasteiger partial charge in [0.1, 0.15) is 0 Å². The number of aromatic hydroxyl groups is 1. The van der Waals surface area contributed by atoms with Gasteiger partial charge in [0.05, 0.1) is 17.3 Å². The average molecular weight is 490 g/mol. The highest BCUT2D eigenvalue weighted by Gasteiger charge is 2.43. The first kappa shape index (κ1) is 23.1. The summed E-state index contributed by atoms with van der Waals surface area (Å²) in [5.74, 6) is -0.625. The van der Waals surface area contributed by atoms with Crippen LogP contribution in [0.5, 0.6) is 11.5 Å². The van der Waals surface area contributed by atoms with Crippen molar-refractivity contribution in [1.82, 2.24) is 10.3 Å².